The van der Waals surface area contributed by atoms with Crippen LogP contribution in [-0.2, 0) is 4.74 Å². The van der Waals surface area contributed by atoms with E-state index in [4.69, 9.17) is 4.74 Å². The van der Waals surface area contributed by atoms with Crippen LogP contribution in [0.5, 0.6) is 0 Å². The number of nitro benzene ring substituents is 1. The van der Waals surface area contributed by atoms with E-state index in [2.05, 4.69) is 15.9 Å². The molecule has 0 saturated carbocycles. The van der Waals surface area contributed by atoms with Gasteiger partial charge in [0.25, 0.3) is 5.69 Å². The molecular weight excluding hydrogens is 290 g/mol. The maximum absolute atomic E-state index is 11.8. The summed E-state index contributed by atoms with van der Waals surface area (Å²) >= 11 is 3.16. The number of rotatable bonds is 2. The highest BCUT2D eigenvalue weighted by atomic mass is 79.9. The molecular formula is C11H12BrNO4. The van der Waals surface area contributed by atoms with E-state index in [1.165, 1.54) is 18.2 Å². The van der Waals surface area contributed by atoms with E-state index in [1.54, 1.807) is 20.8 Å². The standard InChI is InChI=1S/C11H12BrNO4/c1-11(2,3)17-10(14)8-6-7(12)4-5-9(8)13(15)16/h4-6H,1-3H3. The van der Waals surface area contributed by atoms with E-state index in [0.29, 0.717) is 4.47 Å². The van der Waals surface area contributed by atoms with Crippen molar-refractivity contribution in [3.63, 3.8) is 0 Å². The molecule has 92 valence electrons. The maximum atomic E-state index is 11.8. The summed E-state index contributed by atoms with van der Waals surface area (Å²) in [7, 11) is 0. The van der Waals surface area contributed by atoms with Crippen molar-refractivity contribution in [1.82, 2.24) is 0 Å². The molecule has 0 aliphatic heterocycles. The third-order valence-corrected chi connectivity index (χ3v) is 2.27. The van der Waals surface area contributed by atoms with Crippen molar-refractivity contribution in [3.05, 3.63) is 38.3 Å². The molecule has 0 atom stereocenters. The summed E-state index contributed by atoms with van der Waals surface area (Å²) in [5.74, 6) is -0.703. The Morgan fingerprint density at radius 2 is 2.00 bits per heavy atom. The highest BCUT2D eigenvalue weighted by molar-refractivity contribution is 9.10. The summed E-state index contributed by atoms with van der Waals surface area (Å²) in [6.07, 6.45) is 0. The van der Waals surface area contributed by atoms with Crippen molar-refractivity contribution in [2.45, 2.75) is 26.4 Å². The Hall–Kier alpha value is -1.43. The van der Waals surface area contributed by atoms with Gasteiger partial charge in [-0.3, -0.25) is 10.1 Å². The number of nitrogens with zero attached hydrogens (tertiary/aromatic N) is 1. The summed E-state index contributed by atoms with van der Waals surface area (Å²) in [6.45, 7) is 5.11. The summed E-state index contributed by atoms with van der Waals surface area (Å²) in [5.41, 5.74) is -1.01. The zero-order valence-electron chi connectivity index (χ0n) is 9.69. The van der Waals surface area contributed by atoms with Gasteiger partial charge in [0.1, 0.15) is 11.2 Å². The van der Waals surface area contributed by atoms with Crippen molar-refractivity contribution < 1.29 is 14.5 Å². The molecule has 1 aromatic rings. The molecule has 0 spiro atoms. The Labute approximate surface area is 107 Å². The van der Waals surface area contributed by atoms with E-state index < -0.39 is 16.5 Å². The van der Waals surface area contributed by atoms with Crippen molar-refractivity contribution in [2.75, 3.05) is 0 Å². The lowest BCUT2D eigenvalue weighted by Gasteiger charge is -2.19. The van der Waals surface area contributed by atoms with Crippen LogP contribution >= 0.6 is 15.9 Å². The molecule has 0 N–H and O–H groups in total. The lowest BCUT2D eigenvalue weighted by Crippen LogP contribution is -2.24. The van der Waals surface area contributed by atoms with Crippen LogP contribution in [0.3, 0.4) is 0 Å². The van der Waals surface area contributed by atoms with Crippen molar-refractivity contribution >= 4 is 27.6 Å². The lowest BCUT2D eigenvalue weighted by atomic mass is 10.1. The molecule has 0 aromatic heterocycles. The van der Waals surface area contributed by atoms with E-state index in [1.807, 2.05) is 0 Å². The highest BCUT2D eigenvalue weighted by Crippen LogP contribution is 2.25. The van der Waals surface area contributed by atoms with Gasteiger partial charge in [0.05, 0.1) is 4.92 Å². The molecule has 0 radical (unpaired) electrons. The maximum Gasteiger partial charge on any atom is 0.345 e. The Kier molecular flexibility index (Phi) is 3.87. The second-order valence-electron chi connectivity index (χ2n) is 4.42. The van der Waals surface area contributed by atoms with Crippen LogP contribution in [-0.4, -0.2) is 16.5 Å². The quantitative estimate of drug-likeness (QED) is 0.477. The SMILES string of the molecule is CC(C)(C)OC(=O)c1cc(Br)ccc1[N+](=O)[O-]. The first-order chi connectivity index (χ1) is 7.70. The minimum absolute atomic E-state index is 0.0562. The van der Waals surface area contributed by atoms with Crippen LogP contribution in [0, 0.1) is 10.1 Å². The van der Waals surface area contributed by atoms with Gasteiger partial charge >= 0.3 is 5.97 Å². The number of ether oxygens (including phenoxy) is 1. The number of carbonyl (C=O) groups excluding carboxylic acids is 1. The lowest BCUT2D eigenvalue weighted by molar-refractivity contribution is -0.385. The molecule has 0 heterocycles. The van der Waals surface area contributed by atoms with Gasteiger partial charge < -0.3 is 4.74 Å². The van der Waals surface area contributed by atoms with Crippen LogP contribution < -0.4 is 0 Å². The predicted molar refractivity (Wildman–Crippen MR) is 66.0 cm³/mol. The summed E-state index contributed by atoms with van der Waals surface area (Å²) in [5, 5.41) is 10.8. The van der Waals surface area contributed by atoms with E-state index in [9.17, 15) is 14.9 Å². The number of nitro groups is 1. The van der Waals surface area contributed by atoms with Crippen LogP contribution in [0.25, 0.3) is 0 Å². The second kappa shape index (κ2) is 4.83. The Bertz CT molecular complexity index is 465. The first-order valence-electron chi connectivity index (χ1n) is 4.88. The number of halogens is 1. The zero-order valence-corrected chi connectivity index (χ0v) is 11.3. The van der Waals surface area contributed by atoms with Gasteiger partial charge in [0, 0.05) is 10.5 Å². The summed E-state index contributed by atoms with van der Waals surface area (Å²) in [6, 6.07) is 4.15. The van der Waals surface area contributed by atoms with Crippen LogP contribution in [0.2, 0.25) is 0 Å². The van der Waals surface area contributed by atoms with Gasteiger partial charge in [-0.05, 0) is 32.9 Å². The predicted octanol–water partition coefficient (Wildman–Crippen LogP) is 3.31. The van der Waals surface area contributed by atoms with Gasteiger partial charge in [0.15, 0.2) is 0 Å². The minimum Gasteiger partial charge on any atom is -0.456 e. The molecule has 0 unspecified atom stereocenters. The molecule has 1 aromatic carbocycles. The number of hydrogen-bond acceptors (Lipinski definition) is 4. The first-order valence-corrected chi connectivity index (χ1v) is 5.67. The fourth-order valence-corrected chi connectivity index (χ4v) is 1.53. The van der Waals surface area contributed by atoms with Gasteiger partial charge in [-0.25, -0.2) is 4.79 Å². The molecule has 0 bridgehead atoms. The largest absolute Gasteiger partial charge is 0.456 e. The van der Waals surface area contributed by atoms with Gasteiger partial charge in [-0.15, -0.1) is 0 Å². The fourth-order valence-electron chi connectivity index (χ4n) is 1.16. The van der Waals surface area contributed by atoms with Crippen molar-refractivity contribution in [1.29, 1.82) is 0 Å². The molecule has 5 nitrogen and oxygen atoms in total. The third kappa shape index (κ3) is 3.81. The number of hydrogen-bond donors (Lipinski definition) is 0. The molecule has 17 heavy (non-hydrogen) atoms. The average molecular weight is 302 g/mol. The van der Waals surface area contributed by atoms with Crippen LogP contribution in [0.1, 0.15) is 31.1 Å². The van der Waals surface area contributed by atoms with E-state index >= 15 is 0 Å². The van der Waals surface area contributed by atoms with Crippen LogP contribution in [0.15, 0.2) is 22.7 Å². The molecule has 0 saturated heterocycles. The number of carbonyl (C=O) groups is 1. The Morgan fingerprint density at radius 1 is 1.41 bits per heavy atom. The molecule has 6 heteroatoms. The third-order valence-electron chi connectivity index (χ3n) is 1.77. The highest BCUT2D eigenvalue weighted by Gasteiger charge is 2.25. The van der Waals surface area contributed by atoms with Gasteiger partial charge in [-0.1, -0.05) is 15.9 Å². The number of esters is 1. The first kappa shape index (κ1) is 13.6. The minimum atomic E-state index is -0.703. The van der Waals surface area contributed by atoms with Crippen molar-refractivity contribution in [3.8, 4) is 0 Å². The summed E-state index contributed by atoms with van der Waals surface area (Å²) < 4.78 is 5.69. The van der Waals surface area contributed by atoms with Crippen LogP contribution in [0.4, 0.5) is 5.69 Å². The smallest absolute Gasteiger partial charge is 0.345 e. The Morgan fingerprint density at radius 3 is 2.47 bits per heavy atom. The monoisotopic (exact) mass is 301 g/mol. The van der Waals surface area contributed by atoms with E-state index in [0.717, 1.165) is 0 Å². The molecule has 0 fully saturated rings. The Balaban J connectivity index is 3.16. The van der Waals surface area contributed by atoms with Gasteiger partial charge in [-0.2, -0.15) is 0 Å². The number of benzene rings is 1. The second-order valence-corrected chi connectivity index (χ2v) is 5.34. The average Bonchev–Trinajstić information content (AvgIpc) is 2.14. The molecule has 0 aliphatic carbocycles. The van der Waals surface area contributed by atoms with Gasteiger partial charge in [0.2, 0.25) is 0 Å². The van der Waals surface area contributed by atoms with Crippen molar-refractivity contribution in [2.24, 2.45) is 0 Å². The van der Waals surface area contributed by atoms with E-state index in [-0.39, 0.29) is 11.3 Å². The fraction of sp³-hybridized carbons (Fsp3) is 0.364. The zero-order chi connectivity index (χ0) is 13.2. The topological polar surface area (TPSA) is 69.4 Å². The molecule has 0 amide bonds. The molecule has 0 aliphatic rings. The molecule has 1 rings (SSSR count). The summed E-state index contributed by atoms with van der Waals surface area (Å²) in [4.78, 5) is 22.0. The normalized spacial score (nSPS) is 11.1.